The lowest BCUT2D eigenvalue weighted by molar-refractivity contribution is -0.123. The van der Waals surface area contributed by atoms with Crippen LogP contribution in [0.1, 0.15) is 22.8 Å². The van der Waals surface area contributed by atoms with Crippen molar-refractivity contribution in [1.29, 1.82) is 0 Å². The van der Waals surface area contributed by atoms with E-state index in [1.807, 2.05) is 24.4 Å². The number of ether oxygens (including phenoxy) is 2. The summed E-state index contributed by atoms with van der Waals surface area (Å²) in [6, 6.07) is 15.8. The lowest BCUT2D eigenvalue weighted by Gasteiger charge is -2.14. The van der Waals surface area contributed by atoms with E-state index < -0.39 is 18.0 Å². The van der Waals surface area contributed by atoms with Gasteiger partial charge in [-0.15, -0.1) is 0 Å². The van der Waals surface area contributed by atoms with E-state index in [-0.39, 0.29) is 0 Å². The molecule has 7 nitrogen and oxygen atoms in total. The van der Waals surface area contributed by atoms with Gasteiger partial charge in [-0.05, 0) is 55.0 Å². The Morgan fingerprint density at radius 3 is 2.43 bits per heavy atom. The van der Waals surface area contributed by atoms with Gasteiger partial charge in [-0.25, -0.2) is 4.79 Å². The highest BCUT2D eigenvalue weighted by atomic mass is 16.5. The standard InChI is InChI=1S/C21H21N3O4/c1-15(20(25)23-18-8-10-19(27-2)11-9-18)28-21(26)17-6-4-16(5-7-17)14-24-13-3-12-22-24/h3-13,15H,14H2,1-2H3,(H,23,25). The fraction of sp³-hybridized carbons (Fsp3) is 0.190. The van der Waals surface area contributed by atoms with Crippen LogP contribution in [-0.4, -0.2) is 34.9 Å². The zero-order valence-corrected chi connectivity index (χ0v) is 15.7. The Balaban J connectivity index is 1.54. The third-order valence-electron chi connectivity index (χ3n) is 4.10. The molecule has 3 aromatic rings. The number of benzene rings is 2. The number of nitrogens with one attached hydrogen (secondary N) is 1. The van der Waals surface area contributed by atoms with Gasteiger partial charge >= 0.3 is 5.97 Å². The van der Waals surface area contributed by atoms with E-state index in [9.17, 15) is 9.59 Å². The minimum atomic E-state index is -0.932. The molecular weight excluding hydrogens is 358 g/mol. The van der Waals surface area contributed by atoms with E-state index in [4.69, 9.17) is 9.47 Å². The number of carbonyl (C=O) groups is 2. The van der Waals surface area contributed by atoms with Crippen LogP contribution in [0, 0.1) is 0 Å². The fourth-order valence-corrected chi connectivity index (χ4v) is 2.53. The van der Waals surface area contributed by atoms with Gasteiger partial charge < -0.3 is 14.8 Å². The number of amides is 1. The summed E-state index contributed by atoms with van der Waals surface area (Å²) in [5.41, 5.74) is 1.98. The van der Waals surface area contributed by atoms with E-state index in [0.29, 0.717) is 23.5 Å². The number of aromatic nitrogens is 2. The van der Waals surface area contributed by atoms with E-state index >= 15 is 0 Å². The molecule has 0 saturated carbocycles. The highest BCUT2D eigenvalue weighted by molar-refractivity contribution is 5.97. The number of anilines is 1. The second kappa shape index (κ2) is 8.85. The average Bonchev–Trinajstić information content (AvgIpc) is 3.22. The topological polar surface area (TPSA) is 82.5 Å². The number of methoxy groups -OCH3 is 1. The fourth-order valence-electron chi connectivity index (χ4n) is 2.53. The predicted octanol–water partition coefficient (Wildman–Crippen LogP) is 3.12. The van der Waals surface area contributed by atoms with Crippen molar-refractivity contribution < 1.29 is 19.1 Å². The van der Waals surface area contributed by atoms with Gasteiger partial charge in [-0.3, -0.25) is 9.48 Å². The number of rotatable bonds is 7. The minimum Gasteiger partial charge on any atom is -0.497 e. The van der Waals surface area contributed by atoms with Crippen LogP contribution in [0.3, 0.4) is 0 Å². The van der Waals surface area contributed by atoms with Crippen molar-refractivity contribution in [1.82, 2.24) is 9.78 Å². The van der Waals surface area contributed by atoms with E-state index in [0.717, 1.165) is 5.56 Å². The molecule has 1 amide bonds. The third kappa shape index (κ3) is 4.97. The molecule has 1 atom stereocenters. The molecule has 28 heavy (non-hydrogen) atoms. The van der Waals surface area contributed by atoms with Gasteiger partial charge in [0.05, 0.1) is 19.2 Å². The molecule has 0 saturated heterocycles. The molecular formula is C21H21N3O4. The highest BCUT2D eigenvalue weighted by Crippen LogP contribution is 2.16. The lowest BCUT2D eigenvalue weighted by atomic mass is 10.1. The number of nitrogens with zero attached hydrogens (tertiary/aromatic N) is 2. The number of esters is 1. The molecule has 1 unspecified atom stereocenters. The average molecular weight is 379 g/mol. The summed E-state index contributed by atoms with van der Waals surface area (Å²) >= 11 is 0. The van der Waals surface area contributed by atoms with Crippen molar-refractivity contribution in [2.75, 3.05) is 12.4 Å². The van der Waals surface area contributed by atoms with Crippen molar-refractivity contribution in [3.8, 4) is 5.75 Å². The SMILES string of the molecule is COc1ccc(NC(=O)C(C)OC(=O)c2ccc(Cn3cccn3)cc2)cc1. The van der Waals surface area contributed by atoms with Gasteiger partial charge in [0.2, 0.25) is 0 Å². The molecule has 1 heterocycles. The summed E-state index contributed by atoms with van der Waals surface area (Å²) in [7, 11) is 1.57. The van der Waals surface area contributed by atoms with Crippen LogP contribution >= 0.6 is 0 Å². The van der Waals surface area contributed by atoms with Crippen LogP contribution in [0.4, 0.5) is 5.69 Å². The second-order valence-corrected chi connectivity index (χ2v) is 6.17. The molecule has 144 valence electrons. The molecule has 0 radical (unpaired) electrons. The van der Waals surface area contributed by atoms with Crippen molar-refractivity contribution in [2.24, 2.45) is 0 Å². The monoisotopic (exact) mass is 379 g/mol. The molecule has 3 rings (SSSR count). The lowest BCUT2D eigenvalue weighted by Crippen LogP contribution is -2.30. The van der Waals surface area contributed by atoms with Crippen LogP contribution in [0.25, 0.3) is 0 Å². The molecule has 0 bridgehead atoms. The summed E-state index contributed by atoms with van der Waals surface area (Å²) in [6.45, 7) is 2.14. The Morgan fingerprint density at radius 1 is 1.11 bits per heavy atom. The molecule has 0 aliphatic carbocycles. The van der Waals surface area contributed by atoms with Gasteiger partial charge in [0.25, 0.3) is 5.91 Å². The maximum absolute atomic E-state index is 12.3. The smallest absolute Gasteiger partial charge is 0.338 e. The molecule has 7 heteroatoms. The number of hydrogen-bond acceptors (Lipinski definition) is 5. The van der Waals surface area contributed by atoms with Crippen molar-refractivity contribution in [3.05, 3.63) is 78.1 Å². The Bertz CT molecular complexity index is 919. The van der Waals surface area contributed by atoms with Gasteiger partial charge in [-0.1, -0.05) is 12.1 Å². The Hall–Kier alpha value is -3.61. The van der Waals surface area contributed by atoms with E-state index in [2.05, 4.69) is 10.4 Å². The zero-order valence-electron chi connectivity index (χ0n) is 15.7. The minimum absolute atomic E-state index is 0.383. The van der Waals surface area contributed by atoms with Crippen molar-refractivity contribution in [2.45, 2.75) is 19.6 Å². The van der Waals surface area contributed by atoms with Crippen molar-refractivity contribution in [3.63, 3.8) is 0 Å². The largest absolute Gasteiger partial charge is 0.497 e. The van der Waals surface area contributed by atoms with Crippen LogP contribution in [-0.2, 0) is 16.1 Å². The van der Waals surface area contributed by atoms with Gasteiger partial charge in [0.1, 0.15) is 5.75 Å². The van der Waals surface area contributed by atoms with Gasteiger partial charge in [0, 0.05) is 18.1 Å². The Morgan fingerprint density at radius 2 is 1.82 bits per heavy atom. The molecule has 1 aromatic heterocycles. The van der Waals surface area contributed by atoms with Crippen LogP contribution in [0.5, 0.6) is 5.75 Å². The first-order valence-corrected chi connectivity index (χ1v) is 8.77. The summed E-state index contributed by atoms with van der Waals surface area (Å²) in [5.74, 6) is -0.273. The quantitative estimate of drug-likeness (QED) is 0.638. The summed E-state index contributed by atoms with van der Waals surface area (Å²) in [6.07, 6.45) is 2.65. The van der Waals surface area contributed by atoms with E-state index in [1.54, 1.807) is 54.4 Å². The molecule has 0 fully saturated rings. The second-order valence-electron chi connectivity index (χ2n) is 6.17. The normalized spacial score (nSPS) is 11.5. The molecule has 0 aliphatic rings. The predicted molar refractivity (Wildman–Crippen MR) is 104 cm³/mol. The first-order chi connectivity index (χ1) is 13.5. The zero-order chi connectivity index (χ0) is 19.9. The van der Waals surface area contributed by atoms with E-state index in [1.165, 1.54) is 6.92 Å². The third-order valence-corrected chi connectivity index (χ3v) is 4.10. The summed E-state index contributed by atoms with van der Waals surface area (Å²) in [4.78, 5) is 24.5. The molecule has 0 spiro atoms. The first kappa shape index (κ1) is 19.2. The highest BCUT2D eigenvalue weighted by Gasteiger charge is 2.19. The number of hydrogen-bond donors (Lipinski definition) is 1. The summed E-state index contributed by atoms with van der Waals surface area (Å²) < 4.78 is 12.1. The number of carbonyl (C=O) groups excluding carboxylic acids is 2. The van der Waals surface area contributed by atoms with Gasteiger partial charge in [0.15, 0.2) is 6.10 Å². The van der Waals surface area contributed by atoms with Crippen LogP contribution in [0.15, 0.2) is 67.0 Å². The van der Waals surface area contributed by atoms with Crippen LogP contribution < -0.4 is 10.1 Å². The Labute approximate surface area is 162 Å². The molecule has 1 N–H and O–H groups in total. The van der Waals surface area contributed by atoms with Gasteiger partial charge in [-0.2, -0.15) is 5.10 Å². The van der Waals surface area contributed by atoms with Crippen molar-refractivity contribution >= 4 is 17.6 Å². The summed E-state index contributed by atoms with van der Waals surface area (Å²) in [5, 5.41) is 6.85. The molecule has 2 aromatic carbocycles. The first-order valence-electron chi connectivity index (χ1n) is 8.77. The Kier molecular flexibility index (Phi) is 6.06. The molecule has 0 aliphatic heterocycles. The van der Waals surface area contributed by atoms with Crippen LogP contribution in [0.2, 0.25) is 0 Å². The maximum atomic E-state index is 12.3. The maximum Gasteiger partial charge on any atom is 0.338 e.